The van der Waals surface area contributed by atoms with Crippen molar-refractivity contribution < 1.29 is 0 Å². The number of likely N-dealkylation sites (tertiary alicyclic amines) is 1. The lowest BCUT2D eigenvalue weighted by atomic mass is 9.88. The van der Waals surface area contributed by atoms with Crippen LogP contribution in [0.1, 0.15) is 24.0 Å². The van der Waals surface area contributed by atoms with Crippen molar-refractivity contribution in [3.05, 3.63) is 77.4 Å². The molecule has 1 aliphatic rings. The van der Waals surface area contributed by atoms with Crippen LogP contribution in [0.3, 0.4) is 0 Å². The molecule has 2 aromatic carbocycles. The first-order valence-corrected chi connectivity index (χ1v) is 8.50. The molecule has 0 atom stereocenters. The fourth-order valence-corrected chi connectivity index (χ4v) is 3.35. The molecule has 0 radical (unpaired) electrons. The molecule has 3 rings (SSSR count). The molecule has 0 bridgehead atoms. The highest BCUT2D eigenvalue weighted by atomic mass is 32.1. The van der Waals surface area contributed by atoms with E-state index >= 15 is 0 Å². The van der Waals surface area contributed by atoms with Gasteiger partial charge in [-0.15, -0.1) is 0 Å². The molecule has 23 heavy (non-hydrogen) atoms. The summed E-state index contributed by atoms with van der Waals surface area (Å²) in [6, 6.07) is 21.4. The predicted molar refractivity (Wildman–Crippen MR) is 101 cm³/mol. The van der Waals surface area contributed by atoms with Gasteiger partial charge < -0.3 is 10.2 Å². The lowest BCUT2D eigenvalue weighted by molar-refractivity contribution is 0.385. The molecule has 1 N–H and O–H groups in total. The molecule has 0 unspecified atom stereocenters. The minimum absolute atomic E-state index is 0.852. The van der Waals surface area contributed by atoms with E-state index in [1.165, 1.54) is 22.3 Å². The summed E-state index contributed by atoms with van der Waals surface area (Å²) in [5.41, 5.74) is 5.52. The van der Waals surface area contributed by atoms with Crippen molar-refractivity contribution in [2.75, 3.05) is 20.1 Å². The van der Waals surface area contributed by atoms with Gasteiger partial charge in [-0.2, -0.15) is 0 Å². The normalized spacial score (nSPS) is 14.5. The molecule has 1 heterocycles. The Labute approximate surface area is 143 Å². The summed E-state index contributed by atoms with van der Waals surface area (Å²) in [5.74, 6) is 0. The number of nitrogens with one attached hydrogen (secondary N) is 1. The van der Waals surface area contributed by atoms with Gasteiger partial charge in [0.1, 0.15) is 0 Å². The average molecular weight is 322 g/mol. The van der Waals surface area contributed by atoms with Gasteiger partial charge in [0.05, 0.1) is 0 Å². The van der Waals surface area contributed by atoms with Gasteiger partial charge in [-0.1, -0.05) is 66.2 Å². The van der Waals surface area contributed by atoms with Crippen LogP contribution in [0.4, 0.5) is 0 Å². The smallest absolute Gasteiger partial charge is 0.168 e. The number of rotatable bonds is 2. The number of benzene rings is 2. The molecule has 1 aliphatic heterocycles. The molecule has 0 amide bonds. The van der Waals surface area contributed by atoms with E-state index in [0.29, 0.717) is 0 Å². The van der Waals surface area contributed by atoms with Gasteiger partial charge in [-0.3, -0.25) is 0 Å². The van der Waals surface area contributed by atoms with E-state index in [2.05, 4.69) is 70.9 Å². The van der Waals surface area contributed by atoms with E-state index in [0.717, 1.165) is 31.0 Å². The quantitative estimate of drug-likeness (QED) is 0.839. The van der Waals surface area contributed by atoms with Crippen LogP contribution >= 0.6 is 12.2 Å². The van der Waals surface area contributed by atoms with Crippen LogP contribution in [0.2, 0.25) is 0 Å². The Kier molecular flexibility index (Phi) is 5.09. The number of hydrogen-bond acceptors (Lipinski definition) is 1. The summed E-state index contributed by atoms with van der Waals surface area (Å²) in [4.78, 5) is 2.26. The fourth-order valence-electron chi connectivity index (χ4n) is 3.17. The lowest BCUT2D eigenvalue weighted by Crippen LogP contribution is -2.41. The standard InChI is InChI=1S/C20H22N2S/c1-21-20(23)22-14-12-18(13-15-22)19(16-8-4-2-5-9-16)17-10-6-3-7-11-17/h2-11H,12-15H2,1H3,(H,21,23). The van der Waals surface area contributed by atoms with Crippen molar-refractivity contribution in [3.63, 3.8) is 0 Å². The molecule has 1 saturated heterocycles. The maximum atomic E-state index is 5.37. The van der Waals surface area contributed by atoms with Gasteiger partial charge >= 0.3 is 0 Å². The Morgan fingerprint density at radius 2 is 1.35 bits per heavy atom. The minimum atomic E-state index is 0.852. The van der Waals surface area contributed by atoms with Gasteiger partial charge in [0.2, 0.25) is 0 Å². The molecule has 0 saturated carbocycles. The Bertz CT molecular complexity index is 641. The van der Waals surface area contributed by atoms with Crippen molar-refractivity contribution in [1.82, 2.24) is 10.2 Å². The van der Waals surface area contributed by atoms with E-state index in [1.807, 2.05) is 7.05 Å². The largest absolute Gasteiger partial charge is 0.366 e. The molecule has 3 heteroatoms. The van der Waals surface area contributed by atoms with Gasteiger partial charge in [-0.25, -0.2) is 0 Å². The van der Waals surface area contributed by atoms with Crippen LogP contribution < -0.4 is 5.32 Å². The Morgan fingerprint density at radius 1 is 0.870 bits per heavy atom. The summed E-state index contributed by atoms with van der Waals surface area (Å²) in [6.45, 7) is 1.97. The van der Waals surface area contributed by atoms with Crippen LogP contribution in [0.15, 0.2) is 66.2 Å². The lowest BCUT2D eigenvalue weighted by Gasteiger charge is -2.31. The fraction of sp³-hybridized carbons (Fsp3) is 0.250. The summed E-state index contributed by atoms with van der Waals surface area (Å²) in [5, 5.41) is 3.94. The molecular formula is C20H22N2S. The van der Waals surface area contributed by atoms with Crippen molar-refractivity contribution in [1.29, 1.82) is 0 Å². The molecule has 0 aliphatic carbocycles. The zero-order chi connectivity index (χ0) is 16.1. The molecule has 0 spiro atoms. The van der Waals surface area contributed by atoms with Crippen molar-refractivity contribution in [2.45, 2.75) is 12.8 Å². The molecule has 2 aromatic rings. The zero-order valence-electron chi connectivity index (χ0n) is 13.5. The van der Waals surface area contributed by atoms with Crippen LogP contribution in [-0.4, -0.2) is 30.1 Å². The van der Waals surface area contributed by atoms with E-state index < -0.39 is 0 Å². The Balaban J connectivity index is 1.95. The SMILES string of the molecule is CNC(=S)N1CCC(=C(c2ccccc2)c2ccccc2)CC1. The van der Waals surface area contributed by atoms with Crippen LogP contribution in [-0.2, 0) is 0 Å². The summed E-state index contributed by atoms with van der Waals surface area (Å²) >= 11 is 5.37. The molecular weight excluding hydrogens is 300 g/mol. The highest BCUT2D eigenvalue weighted by Crippen LogP contribution is 2.32. The van der Waals surface area contributed by atoms with Crippen LogP contribution in [0.5, 0.6) is 0 Å². The highest BCUT2D eigenvalue weighted by Gasteiger charge is 2.19. The summed E-state index contributed by atoms with van der Waals surface area (Å²) in [7, 11) is 1.90. The maximum absolute atomic E-state index is 5.37. The third-order valence-corrected chi connectivity index (χ3v) is 4.81. The van der Waals surface area contributed by atoms with Gasteiger partial charge in [-0.05, 0) is 41.8 Å². The predicted octanol–water partition coefficient (Wildman–Crippen LogP) is 4.09. The van der Waals surface area contributed by atoms with Crippen molar-refractivity contribution >= 4 is 22.9 Å². The van der Waals surface area contributed by atoms with Crippen LogP contribution in [0, 0.1) is 0 Å². The number of piperidine rings is 1. The van der Waals surface area contributed by atoms with E-state index in [4.69, 9.17) is 12.2 Å². The topological polar surface area (TPSA) is 15.3 Å². The van der Waals surface area contributed by atoms with E-state index in [-0.39, 0.29) is 0 Å². The number of nitrogens with zero attached hydrogens (tertiary/aromatic N) is 1. The van der Waals surface area contributed by atoms with Crippen LogP contribution in [0.25, 0.3) is 5.57 Å². The van der Waals surface area contributed by atoms with E-state index in [1.54, 1.807) is 0 Å². The maximum Gasteiger partial charge on any atom is 0.168 e. The average Bonchev–Trinajstić information content (AvgIpc) is 2.64. The first-order chi connectivity index (χ1) is 11.3. The Morgan fingerprint density at radius 3 is 1.78 bits per heavy atom. The van der Waals surface area contributed by atoms with Gasteiger partial charge in [0.25, 0.3) is 0 Å². The summed E-state index contributed by atoms with van der Waals surface area (Å²) in [6.07, 6.45) is 2.11. The minimum Gasteiger partial charge on any atom is -0.366 e. The monoisotopic (exact) mass is 322 g/mol. The number of hydrogen-bond donors (Lipinski definition) is 1. The second kappa shape index (κ2) is 7.42. The zero-order valence-corrected chi connectivity index (χ0v) is 14.3. The first kappa shape index (κ1) is 15.8. The second-order valence-electron chi connectivity index (χ2n) is 5.75. The molecule has 1 fully saturated rings. The van der Waals surface area contributed by atoms with Crippen molar-refractivity contribution in [3.8, 4) is 0 Å². The summed E-state index contributed by atoms with van der Waals surface area (Å²) < 4.78 is 0. The first-order valence-electron chi connectivity index (χ1n) is 8.09. The third-order valence-electron chi connectivity index (χ3n) is 4.35. The van der Waals surface area contributed by atoms with E-state index in [9.17, 15) is 0 Å². The molecule has 2 nitrogen and oxygen atoms in total. The third kappa shape index (κ3) is 3.62. The molecule has 0 aromatic heterocycles. The second-order valence-corrected chi connectivity index (χ2v) is 6.14. The van der Waals surface area contributed by atoms with Crippen molar-refractivity contribution in [2.24, 2.45) is 0 Å². The van der Waals surface area contributed by atoms with Gasteiger partial charge in [0, 0.05) is 20.1 Å². The van der Waals surface area contributed by atoms with Gasteiger partial charge in [0.15, 0.2) is 5.11 Å². The highest BCUT2D eigenvalue weighted by molar-refractivity contribution is 7.80. The molecule has 118 valence electrons. The Hall–Kier alpha value is -2.13. The number of thiocarbonyl (C=S) groups is 1.